The average Bonchev–Trinajstić information content (AvgIpc) is 3.03. The molecule has 4 aromatic rings. The van der Waals surface area contributed by atoms with Gasteiger partial charge < -0.3 is 9.47 Å². The molecule has 1 saturated heterocycles. The zero-order valence-electron chi connectivity index (χ0n) is 23.7. The SMILES string of the molecule is COc1ccc(C2CN(Cc3ccc(-c4ccccc4C#N)cc3)C(c3c(Cl)cccc3Cl)OC23CCCCC3)cc1. The van der Waals surface area contributed by atoms with Gasteiger partial charge in [-0.05, 0) is 65.4 Å². The standard InChI is InChI=1S/C36H34Cl2N2O2/c1-41-29-18-16-27(17-19-29)31-24-40(23-25-12-14-26(15-13-25)30-9-4-3-8-28(30)22-39)35(34-32(37)10-7-11-33(34)38)42-36(31)20-5-2-6-21-36/h3-4,7-19,31,35H,2,5-6,20-21,23-24H2,1H3. The van der Waals surface area contributed by atoms with E-state index in [9.17, 15) is 5.26 Å². The topological polar surface area (TPSA) is 45.5 Å². The second-order valence-corrected chi connectivity index (χ2v) is 12.2. The number of ether oxygens (including phenoxy) is 2. The highest BCUT2D eigenvalue weighted by Crippen LogP contribution is 2.52. The van der Waals surface area contributed by atoms with Crippen molar-refractivity contribution < 1.29 is 9.47 Å². The molecule has 4 nitrogen and oxygen atoms in total. The first-order chi connectivity index (χ1) is 20.5. The number of halogens is 2. The van der Waals surface area contributed by atoms with Crippen LogP contribution in [0, 0.1) is 11.3 Å². The summed E-state index contributed by atoms with van der Waals surface area (Å²) in [5.41, 5.74) is 5.57. The lowest BCUT2D eigenvalue weighted by Crippen LogP contribution is -2.54. The summed E-state index contributed by atoms with van der Waals surface area (Å²) in [6.07, 6.45) is 5.13. The van der Waals surface area contributed by atoms with Crippen LogP contribution in [0.5, 0.6) is 5.75 Å². The van der Waals surface area contributed by atoms with Crippen LogP contribution in [0.25, 0.3) is 11.1 Å². The maximum absolute atomic E-state index is 9.59. The molecule has 1 saturated carbocycles. The number of rotatable bonds is 6. The third-order valence-corrected chi connectivity index (χ3v) is 9.55. The molecule has 42 heavy (non-hydrogen) atoms. The average molecular weight is 598 g/mol. The minimum Gasteiger partial charge on any atom is -0.497 e. The highest BCUT2D eigenvalue weighted by Gasteiger charge is 2.50. The van der Waals surface area contributed by atoms with E-state index in [1.807, 2.05) is 54.6 Å². The minimum absolute atomic E-state index is 0.183. The van der Waals surface area contributed by atoms with Crippen molar-refractivity contribution in [1.82, 2.24) is 4.90 Å². The molecular formula is C36H34Cl2N2O2. The first-order valence-corrected chi connectivity index (χ1v) is 15.3. The van der Waals surface area contributed by atoms with Crippen LogP contribution in [0.2, 0.25) is 10.0 Å². The maximum atomic E-state index is 9.59. The van der Waals surface area contributed by atoms with Crippen molar-refractivity contribution in [2.45, 2.75) is 56.4 Å². The van der Waals surface area contributed by atoms with Crippen molar-refractivity contribution in [2.24, 2.45) is 0 Å². The van der Waals surface area contributed by atoms with Crippen LogP contribution in [-0.4, -0.2) is 24.2 Å². The van der Waals surface area contributed by atoms with E-state index in [1.165, 1.54) is 12.0 Å². The predicted molar refractivity (Wildman–Crippen MR) is 169 cm³/mol. The van der Waals surface area contributed by atoms with Crippen molar-refractivity contribution in [3.05, 3.63) is 123 Å². The smallest absolute Gasteiger partial charge is 0.140 e. The van der Waals surface area contributed by atoms with Crippen molar-refractivity contribution >= 4 is 23.2 Å². The van der Waals surface area contributed by atoms with Crippen molar-refractivity contribution in [2.75, 3.05) is 13.7 Å². The monoisotopic (exact) mass is 596 g/mol. The zero-order valence-corrected chi connectivity index (χ0v) is 25.2. The van der Waals surface area contributed by atoms with Gasteiger partial charge in [-0.1, -0.05) is 103 Å². The first-order valence-electron chi connectivity index (χ1n) is 14.6. The van der Waals surface area contributed by atoms with Crippen LogP contribution < -0.4 is 4.74 Å². The van der Waals surface area contributed by atoms with Gasteiger partial charge in [-0.15, -0.1) is 0 Å². The molecule has 1 aliphatic heterocycles. The Morgan fingerprint density at radius 1 is 0.881 bits per heavy atom. The summed E-state index contributed by atoms with van der Waals surface area (Å²) in [5, 5.41) is 10.8. The van der Waals surface area contributed by atoms with E-state index in [2.05, 4.69) is 47.4 Å². The van der Waals surface area contributed by atoms with Crippen LogP contribution >= 0.6 is 23.2 Å². The number of hydrogen-bond acceptors (Lipinski definition) is 4. The largest absolute Gasteiger partial charge is 0.497 e. The molecule has 2 unspecified atom stereocenters. The summed E-state index contributed by atoms with van der Waals surface area (Å²) in [4.78, 5) is 2.38. The quantitative estimate of drug-likeness (QED) is 0.222. The molecule has 4 aromatic carbocycles. The molecule has 0 radical (unpaired) electrons. The van der Waals surface area contributed by atoms with E-state index in [0.29, 0.717) is 22.2 Å². The molecule has 2 atom stereocenters. The Kier molecular flexibility index (Phi) is 8.56. The predicted octanol–water partition coefficient (Wildman–Crippen LogP) is 9.56. The van der Waals surface area contributed by atoms with Crippen LogP contribution in [0.1, 0.15) is 66.5 Å². The maximum Gasteiger partial charge on any atom is 0.140 e. The Balaban J connectivity index is 1.38. The lowest BCUT2D eigenvalue weighted by Gasteiger charge is -2.54. The Morgan fingerprint density at radius 3 is 2.24 bits per heavy atom. The fourth-order valence-electron chi connectivity index (χ4n) is 6.73. The molecule has 0 bridgehead atoms. The third kappa shape index (κ3) is 5.68. The van der Waals surface area contributed by atoms with Crippen LogP contribution in [0.15, 0.2) is 91.0 Å². The fraction of sp³-hybridized carbons (Fsp3) is 0.306. The van der Waals surface area contributed by atoms with Crippen LogP contribution in [0.3, 0.4) is 0 Å². The normalized spacial score (nSPS) is 20.2. The van der Waals surface area contributed by atoms with E-state index in [1.54, 1.807) is 7.11 Å². The molecule has 6 heteroatoms. The van der Waals surface area contributed by atoms with Gasteiger partial charge in [-0.25, -0.2) is 0 Å². The highest BCUT2D eigenvalue weighted by molar-refractivity contribution is 6.36. The summed E-state index contributed by atoms with van der Waals surface area (Å²) in [7, 11) is 1.70. The number of hydrogen-bond donors (Lipinski definition) is 0. The molecule has 2 aliphatic rings. The Hall–Kier alpha value is -3.33. The minimum atomic E-state index is -0.377. The van der Waals surface area contributed by atoms with Crippen LogP contribution in [-0.2, 0) is 11.3 Å². The highest BCUT2D eigenvalue weighted by atomic mass is 35.5. The Labute approximate surface area is 258 Å². The van der Waals surface area contributed by atoms with Gasteiger partial charge in [0.1, 0.15) is 12.0 Å². The number of nitrogens with zero attached hydrogens (tertiary/aromatic N) is 2. The second kappa shape index (κ2) is 12.5. The Bertz CT molecular complexity index is 1550. The van der Waals surface area contributed by atoms with Gasteiger partial charge in [0.2, 0.25) is 0 Å². The molecule has 1 aliphatic carbocycles. The van der Waals surface area contributed by atoms with Gasteiger partial charge in [-0.3, -0.25) is 4.90 Å². The number of nitriles is 1. The summed E-state index contributed by atoms with van der Waals surface area (Å²) in [6.45, 7) is 1.46. The van der Waals surface area contributed by atoms with Gasteiger partial charge >= 0.3 is 0 Å². The number of benzene rings is 4. The van der Waals surface area contributed by atoms with Gasteiger partial charge in [0, 0.05) is 34.6 Å². The van der Waals surface area contributed by atoms with Crippen molar-refractivity contribution in [3.63, 3.8) is 0 Å². The van der Waals surface area contributed by atoms with Crippen molar-refractivity contribution in [1.29, 1.82) is 5.26 Å². The number of methoxy groups -OCH3 is 1. The molecule has 0 amide bonds. The third-order valence-electron chi connectivity index (χ3n) is 8.89. The van der Waals surface area contributed by atoms with E-state index < -0.39 is 0 Å². The van der Waals surface area contributed by atoms with E-state index in [-0.39, 0.29) is 17.7 Å². The van der Waals surface area contributed by atoms with Crippen molar-refractivity contribution in [3.8, 4) is 22.9 Å². The van der Waals surface area contributed by atoms with Gasteiger partial charge in [0.05, 0.1) is 24.3 Å². The summed E-state index contributed by atoms with van der Waals surface area (Å²) in [5.74, 6) is 1.03. The molecule has 0 aromatic heterocycles. The summed E-state index contributed by atoms with van der Waals surface area (Å²) in [6, 6.07) is 32.6. The Morgan fingerprint density at radius 2 is 1.57 bits per heavy atom. The molecule has 214 valence electrons. The zero-order chi connectivity index (χ0) is 29.1. The first kappa shape index (κ1) is 28.8. The second-order valence-electron chi connectivity index (χ2n) is 11.3. The van der Waals surface area contributed by atoms with Gasteiger partial charge in [0.15, 0.2) is 0 Å². The molecular weight excluding hydrogens is 563 g/mol. The molecule has 1 heterocycles. The lowest BCUT2D eigenvalue weighted by molar-refractivity contribution is -0.225. The lowest BCUT2D eigenvalue weighted by atomic mass is 9.71. The molecule has 2 fully saturated rings. The molecule has 0 N–H and O–H groups in total. The van der Waals surface area contributed by atoms with E-state index in [4.69, 9.17) is 32.7 Å². The fourth-order valence-corrected chi connectivity index (χ4v) is 7.31. The van der Waals surface area contributed by atoms with Gasteiger partial charge in [-0.2, -0.15) is 5.26 Å². The molecule has 1 spiro atoms. The van der Waals surface area contributed by atoms with E-state index >= 15 is 0 Å². The summed E-state index contributed by atoms with van der Waals surface area (Å²) >= 11 is 13.7. The van der Waals surface area contributed by atoms with Crippen LogP contribution in [0.4, 0.5) is 0 Å². The van der Waals surface area contributed by atoms with E-state index in [0.717, 1.165) is 60.2 Å². The summed E-state index contributed by atoms with van der Waals surface area (Å²) < 4.78 is 12.7. The molecule has 6 rings (SSSR count). The van der Waals surface area contributed by atoms with Gasteiger partial charge in [0.25, 0.3) is 0 Å².